The van der Waals surface area contributed by atoms with E-state index >= 15 is 0 Å². The minimum absolute atomic E-state index is 0.00241. The number of fused-ring (bicyclic) bond motifs is 1. The number of hydrogen-bond acceptors (Lipinski definition) is 4. The molecule has 0 saturated heterocycles. The molecule has 1 aliphatic heterocycles. The third kappa shape index (κ3) is 4.03. The van der Waals surface area contributed by atoms with Crippen molar-refractivity contribution in [3.05, 3.63) is 76.4 Å². The topological polar surface area (TPSA) is 49.3 Å². The molecule has 4 rings (SSSR count). The molecule has 0 unspecified atom stereocenters. The molecule has 0 atom stereocenters. The second kappa shape index (κ2) is 8.44. The molecule has 0 radical (unpaired) electrons. The molecule has 0 spiro atoms. The molecule has 1 aliphatic rings. The van der Waals surface area contributed by atoms with Crippen LogP contribution in [0.25, 0.3) is 11.4 Å². The van der Waals surface area contributed by atoms with Gasteiger partial charge in [0.2, 0.25) is 0 Å². The Balaban J connectivity index is 1.72. The Morgan fingerprint density at radius 3 is 2.43 bits per heavy atom. The van der Waals surface area contributed by atoms with Gasteiger partial charge in [0, 0.05) is 47.8 Å². The average Bonchev–Trinajstić information content (AvgIpc) is 2.78. The maximum Gasteiger partial charge on any atom is 0.254 e. The number of rotatable bonds is 4. The summed E-state index contributed by atoms with van der Waals surface area (Å²) in [7, 11) is 2.04. The van der Waals surface area contributed by atoms with Crippen LogP contribution in [0.1, 0.15) is 35.5 Å². The minimum Gasteiger partial charge on any atom is -0.357 e. The molecule has 1 aromatic heterocycles. The zero-order valence-electron chi connectivity index (χ0n) is 17.5. The number of anilines is 1. The summed E-state index contributed by atoms with van der Waals surface area (Å²) < 4.78 is 0. The van der Waals surface area contributed by atoms with Gasteiger partial charge < -0.3 is 9.80 Å². The molecule has 2 aromatic carbocycles. The van der Waals surface area contributed by atoms with Crippen molar-refractivity contribution in [1.29, 1.82) is 0 Å². The van der Waals surface area contributed by atoms with Crippen molar-refractivity contribution >= 4 is 23.3 Å². The Morgan fingerprint density at radius 1 is 1.07 bits per heavy atom. The number of nitrogens with zero attached hydrogens (tertiary/aromatic N) is 4. The second-order valence-electron chi connectivity index (χ2n) is 7.85. The van der Waals surface area contributed by atoms with E-state index in [2.05, 4.69) is 18.7 Å². The highest BCUT2D eigenvalue weighted by atomic mass is 35.5. The highest BCUT2D eigenvalue weighted by Gasteiger charge is 2.28. The first-order chi connectivity index (χ1) is 14.4. The summed E-state index contributed by atoms with van der Waals surface area (Å²) in [4.78, 5) is 26.9. The van der Waals surface area contributed by atoms with Gasteiger partial charge in [0.1, 0.15) is 5.82 Å². The lowest BCUT2D eigenvalue weighted by molar-refractivity contribution is 0.0733. The van der Waals surface area contributed by atoms with Gasteiger partial charge in [0.15, 0.2) is 5.82 Å². The normalized spacial score (nSPS) is 13.3. The quantitative estimate of drug-likeness (QED) is 0.606. The summed E-state index contributed by atoms with van der Waals surface area (Å²) in [5, 5.41) is 0.623. The molecular weight excluding hydrogens is 396 g/mol. The van der Waals surface area contributed by atoms with Gasteiger partial charge in [-0.05, 0) is 38.1 Å². The van der Waals surface area contributed by atoms with Crippen molar-refractivity contribution in [1.82, 2.24) is 14.9 Å². The highest BCUT2D eigenvalue weighted by Crippen LogP contribution is 2.30. The van der Waals surface area contributed by atoms with Crippen LogP contribution < -0.4 is 4.90 Å². The van der Waals surface area contributed by atoms with Crippen molar-refractivity contribution in [2.45, 2.75) is 32.9 Å². The Hall–Kier alpha value is -2.92. The van der Waals surface area contributed by atoms with Crippen molar-refractivity contribution in [2.24, 2.45) is 0 Å². The van der Waals surface area contributed by atoms with Crippen LogP contribution in [0, 0.1) is 0 Å². The van der Waals surface area contributed by atoms with Gasteiger partial charge in [0.25, 0.3) is 5.91 Å². The fourth-order valence-electron chi connectivity index (χ4n) is 3.60. The van der Waals surface area contributed by atoms with Gasteiger partial charge in [-0.1, -0.05) is 41.9 Å². The van der Waals surface area contributed by atoms with E-state index in [4.69, 9.17) is 21.6 Å². The number of halogens is 1. The molecule has 30 heavy (non-hydrogen) atoms. The fourth-order valence-corrected chi connectivity index (χ4v) is 3.72. The third-order valence-electron chi connectivity index (χ3n) is 5.56. The zero-order chi connectivity index (χ0) is 21.3. The lowest BCUT2D eigenvalue weighted by Gasteiger charge is -2.33. The number of amides is 1. The lowest BCUT2D eigenvalue weighted by Crippen LogP contribution is -2.38. The number of carbonyl (C=O) groups excluding carboxylic acids is 1. The van der Waals surface area contributed by atoms with Crippen molar-refractivity contribution in [3.63, 3.8) is 0 Å². The summed E-state index contributed by atoms with van der Waals surface area (Å²) >= 11 is 5.97. The molecule has 6 heteroatoms. The Morgan fingerprint density at radius 2 is 1.77 bits per heavy atom. The van der Waals surface area contributed by atoms with Crippen LogP contribution >= 0.6 is 11.6 Å². The first kappa shape index (κ1) is 20.4. The van der Waals surface area contributed by atoms with Crippen LogP contribution in [0.4, 0.5) is 5.82 Å². The van der Waals surface area contributed by atoms with Crippen LogP contribution in [0.15, 0.2) is 54.6 Å². The second-order valence-corrected chi connectivity index (χ2v) is 8.29. The molecular formula is C24H25ClN4O. The number of carbonyl (C=O) groups is 1. The van der Waals surface area contributed by atoms with Gasteiger partial charge in [-0.15, -0.1) is 0 Å². The highest BCUT2D eigenvalue weighted by molar-refractivity contribution is 6.30. The van der Waals surface area contributed by atoms with Crippen LogP contribution in [0.3, 0.4) is 0 Å². The van der Waals surface area contributed by atoms with E-state index in [1.54, 1.807) is 24.3 Å². The van der Waals surface area contributed by atoms with E-state index in [1.807, 2.05) is 42.3 Å². The Bertz CT molecular complexity index is 1050. The van der Waals surface area contributed by atoms with Gasteiger partial charge in [-0.3, -0.25) is 4.79 Å². The molecule has 5 nitrogen and oxygen atoms in total. The Kier molecular flexibility index (Phi) is 5.73. The van der Waals surface area contributed by atoms with Gasteiger partial charge in [0.05, 0.1) is 12.2 Å². The molecule has 0 aliphatic carbocycles. The van der Waals surface area contributed by atoms with E-state index in [-0.39, 0.29) is 11.9 Å². The third-order valence-corrected chi connectivity index (χ3v) is 5.81. The largest absolute Gasteiger partial charge is 0.357 e. The lowest BCUT2D eigenvalue weighted by atomic mass is 10.0. The number of aromatic nitrogens is 2. The molecule has 2 heterocycles. The van der Waals surface area contributed by atoms with E-state index < -0.39 is 0 Å². The maximum atomic E-state index is 13.1. The van der Waals surface area contributed by atoms with Gasteiger partial charge >= 0.3 is 0 Å². The van der Waals surface area contributed by atoms with E-state index in [1.165, 1.54) is 0 Å². The maximum absolute atomic E-state index is 13.1. The zero-order valence-corrected chi connectivity index (χ0v) is 18.2. The summed E-state index contributed by atoms with van der Waals surface area (Å²) in [6.07, 6.45) is 0.704. The first-order valence-corrected chi connectivity index (χ1v) is 10.5. The number of benzene rings is 2. The van der Waals surface area contributed by atoms with E-state index in [9.17, 15) is 4.79 Å². The monoisotopic (exact) mass is 420 g/mol. The van der Waals surface area contributed by atoms with E-state index in [0.717, 1.165) is 28.5 Å². The summed E-state index contributed by atoms with van der Waals surface area (Å²) in [6.45, 7) is 5.40. The first-order valence-electron chi connectivity index (χ1n) is 10.2. The standard InChI is InChI=1S/C24H25ClN4O/c1-16(2)28(3)23-20-15-29(24(30)18-9-11-19(25)12-10-18)14-13-21(20)26-22(27-23)17-7-5-4-6-8-17/h4-12,16H,13-15H2,1-3H3. The number of hydrogen-bond donors (Lipinski definition) is 0. The predicted molar refractivity (Wildman–Crippen MR) is 121 cm³/mol. The SMILES string of the molecule is CC(C)N(C)c1nc(-c2ccccc2)nc2c1CN(C(=O)c1ccc(Cl)cc1)CC2. The van der Waals surface area contributed by atoms with Crippen LogP contribution in [0.2, 0.25) is 5.02 Å². The van der Waals surface area contributed by atoms with Crippen molar-refractivity contribution in [2.75, 3.05) is 18.5 Å². The molecule has 1 amide bonds. The van der Waals surface area contributed by atoms with Crippen molar-refractivity contribution in [3.8, 4) is 11.4 Å². The summed E-state index contributed by atoms with van der Waals surface area (Å²) in [5.74, 6) is 1.62. The average molecular weight is 421 g/mol. The smallest absolute Gasteiger partial charge is 0.254 e. The van der Waals surface area contributed by atoms with Crippen molar-refractivity contribution < 1.29 is 4.79 Å². The van der Waals surface area contributed by atoms with Crippen LogP contribution in [0.5, 0.6) is 0 Å². The molecule has 0 fully saturated rings. The van der Waals surface area contributed by atoms with E-state index in [0.29, 0.717) is 30.1 Å². The molecule has 0 bridgehead atoms. The molecule has 3 aromatic rings. The van der Waals surface area contributed by atoms with Crippen LogP contribution in [-0.2, 0) is 13.0 Å². The molecule has 0 saturated carbocycles. The Labute approximate surface area is 182 Å². The fraction of sp³-hybridized carbons (Fsp3) is 0.292. The predicted octanol–water partition coefficient (Wildman–Crippen LogP) is 4.84. The van der Waals surface area contributed by atoms with Crippen LogP contribution in [-0.4, -0.2) is 40.4 Å². The summed E-state index contributed by atoms with van der Waals surface area (Å²) in [5.41, 5.74) is 3.69. The van der Waals surface area contributed by atoms with Gasteiger partial charge in [-0.25, -0.2) is 9.97 Å². The van der Waals surface area contributed by atoms with Gasteiger partial charge in [-0.2, -0.15) is 0 Å². The summed E-state index contributed by atoms with van der Waals surface area (Å²) in [6, 6.07) is 17.4. The molecule has 0 N–H and O–H groups in total. The molecule has 154 valence electrons. The minimum atomic E-state index is 0.00241.